The monoisotopic (exact) mass is 327 g/mol. The molecule has 0 spiro atoms. The van der Waals surface area contributed by atoms with Crippen LogP contribution in [0.5, 0.6) is 0 Å². The van der Waals surface area contributed by atoms with Crippen LogP contribution < -0.4 is 5.73 Å². The molecule has 3 N–H and O–H groups in total. The van der Waals surface area contributed by atoms with Gasteiger partial charge < -0.3 is 10.8 Å². The number of aliphatic hydroxyl groups excluding tert-OH is 1. The van der Waals surface area contributed by atoms with E-state index in [0.29, 0.717) is 12.1 Å². The predicted molar refractivity (Wildman–Crippen MR) is 94.5 cm³/mol. The maximum absolute atomic E-state index is 9.65. The predicted octanol–water partition coefficient (Wildman–Crippen LogP) is 2.78. The number of aryl methyl sites for hydroxylation is 1. The number of hydrogen-bond donors (Lipinski definition) is 2. The lowest BCUT2D eigenvalue weighted by molar-refractivity contribution is 0.269. The lowest BCUT2D eigenvalue weighted by Crippen LogP contribution is -2.09. The van der Waals surface area contributed by atoms with Crippen LogP contribution in [0, 0.1) is 18.3 Å². The first-order chi connectivity index (χ1) is 11.4. The lowest BCUT2D eigenvalue weighted by Gasteiger charge is -2.18. The van der Waals surface area contributed by atoms with E-state index in [1.54, 1.807) is 4.68 Å². The van der Waals surface area contributed by atoms with E-state index in [1.807, 2.05) is 13.1 Å². The van der Waals surface area contributed by atoms with Gasteiger partial charge in [0.2, 0.25) is 0 Å². The number of aromatic nitrogens is 3. The van der Waals surface area contributed by atoms with Gasteiger partial charge in [0.05, 0.1) is 18.8 Å². The molecule has 0 atom stereocenters. The molecule has 24 heavy (non-hydrogen) atoms. The summed E-state index contributed by atoms with van der Waals surface area (Å²) < 4.78 is 1.70. The van der Waals surface area contributed by atoms with Gasteiger partial charge in [0.1, 0.15) is 17.5 Å². The van der Waals surface area contributed by atoms with Crippen molar-refractivity contribution >= 4 is 5.82 Å². The maximum atomic E-state index is 9.65. The quantitative estimate of drug-likeness (QED) is 0.849. The molecule has 0 bridgehead atoms. The van der Waals surface area contributed by atoms with Crippen molar-refractivity contribution in [2.24, 2.45) is 0 Å². The topological polar surface area (TPSA) is 101 Å². The Kier molecular flexibility index (Phi) is 5.58. The average molecular weight is 327 g/mol. The van der Waals surface area contributed by atoms with Crippen molar-refractivity contribution in [3.63, 3.8) is 0 Å². The van der Waals surface area contributed by atoms with Gasteiger partial charge in [-0.1, -0.05) is 27.2 Å². The standard InChI is InChI=1S/C18H25N5O/c1-5-6-13-16(15-10-23(7-8-24)22-12(15)4)14(9-19)18(20)21-17(13)11(2)3/h10-11,24H,5-8H2,1-4H3,(H2,20,21). The highest BCUT2D eigenvalue weighted by Gasteiger charge is 2.23. The highest BCUT2D eigenvalue weighted by Crippen LogP contribution is 2.36. The number of nitrogens with two attached hydrogens (primary N) is 1. The molecule has 0 aliphatic carbocycles. The molecule has 128 valence electrons. The van der Waals surface area contributed by atoms with Crippen LogP contribution in [0.4, 0.5) is 5.82 Å². The Labute approximate surface area is 142 Å². The Balaban J connectivity index is 2.81. The molecule has 2 heterocycles. The summed E-state index contributed by atoms with van der Waals surface area (Å²) in [4.78, 5) is 4.51. The minimum atomic E-state index is 0.0171. The van der Waals surface area contributed by atoms with E-state index in [0.717, 1.165) is 40.9 Å². The Hall–Kier alpha value is -2.39. The SMILES string of the molecule is CCCc1c(C(C)C)nc(N)c(C#N)c1-c1cn(CCO)nc1C. The first-order valence-corrected chi connectivity index (χ1v) is 8.32. The van der Waals surface area contributed by atoms with Crippen molar-refractivity contribution < 1.29 is 5.11 Å². The molecule has 0 amide bonds. The lowest BCUT2D eigenvalue weighted by atomic mass is 9.89. The van der Waals surface area contributed by atoms with E-state index in [1.165, 1.54) is 0 Å². The molecule has 0 saturated carbocycles. The Bertz CT molecular complexity index is 771. The van der Waals surface area contributed by atoms with Gasteiger partial charge >= 0.3 is 0 Å². The smallest absolute Gasteiger partial charge is 0.142 e. The van der Waals surface area contributed by atoms with E-state index < -0.39 is 0 Å². The van der Waals surface area contributed by atoms with Gasteiger partial charge in [-0.05, 0) is 24.8 Å². The third-order valence-electron chi connectivity index (χ3n) is 4.06. The molecular weight excluding hydrogens is 302 g/mol. The number of rotatable bonds is 6. The van der Waals surface area contributed by atoms with E-state index >= 15 is 0 Å². The van der Waals surface area contributed by atoms with Gasteiger partial charge in [0.25, 0.3) is 0 Å². The van der Waals surface area contributed by atoms with E-state index in [-0.39, 0.29) is 18.3 Å². The minimum Gasteiger partial charge on any atom is -0.394 e. The minimum absolute atomic E-state index is 0.0171. The number of nitrogens with zero attached hydrogens (tertiary/aromatic N) is 4. The van der Waals surface area contributed by atoms with Crippen molar-refractivity contribution in [1.82, 2.24) is 14.8 Å². The van der Waals surface area contributed by atoms with Crippen molar-refractivity contribution in [3.05, 3.63) is 28.7 Å². The molecule has 0 saturated heterocycles. The highest BCUT2D eigenvalue weighted by molar-refractivity contribution is 5.80. The summed E-state index contributed by atoms with van der Waals surface area (Å²) in [6.07, 6.45) is 3.66. The van der Waals surface area contributed by atoms with Crippen molar-refractivity contribution in [1.29, 1.82) is 5.26 Å². The van der Waals surface area contributed by atoms with Gasteiger partial charge in [-0.3, -0.25) is 4.68 Å². The molecule has 2 rings (SSSR count). The molecule has 2 aromatic heterocycles. The summed E-state index contributed by atoms with van der Waals surface area (Å²) >= 11 is 0. The van der Waals surface area contributed by atoms with Crippen LogP contribution in [0.15, 0.2) is 6.20 Å². The Morgan fingerprint density at radius 3 is 2.67 bits per heavy atom. The van der Waals surface area contributed by atoms with Crippen LogP contribution >= 0.6 is 0 Å². The van der Waals surface area contributed by atoms with Gasteiger partial charge in [0.15, 0.2) is 0 Å². The van der Waals surface area contributed by atoms with Gasteiger partial charge in [-0.25, -0.2) is 4.98 Å². The molecule has 0 unspecified atom stereocenters. The van der Waals surface area contributed by atoms with Crippen molar-refractivity contribution in [2.45, 2.75) is 53.0 Å². The summed E-state index contributed by atoms with van der Waals surface area (Å²) in [6, 6.07) is 2.22. The molecule has 2 aromatic rings. The first-order valence-electron chi connectivity index (χ1n) is 8.32. The van der Waals surface area contributed by atoms with Crippen LogP contribution in [-0.4, -0.2) is 26.5 Å². The Morgan fingerprint density at radius 2 is 2.12 bits per heavy atom. The fourth-order valence-corrected chi connectivity index (χ4v) is 3.03. The fourth-order valence-electron chi connectivity index (χ4n) is 3.03. The molecule has 0 aromatic carbocycles. The number of nitriles is 1. The summed E-state index contributed by atoms with van der Waals surface area (Å²) in [5, 5.41) is 23.2. The van der Waals surface area contributed by atoms with Crippen LogP contribution in [0.3, 0.4) is 0 Å². The number of aliphatic hydroxyl groups is 1. The molecule has 0 radical (unpaired) electrons. The third-order valence-corrected chi connectivity index (χ3v) is 4.06. The van der Waals surface area contributed by atoms with Crippen LogP contribution in [0.25, 0.3) is 11.1 Å². The summed E-state index contributed by atoms with van der Waals surface area (Å²) in [6.45, 7) is 8.62. The van der Waals surface area contributed by atoms with E-state index in [4.69, 9.17) is 10.8 Å². The molecule has 0 fully saturated rings. The van der Waals surface area contributed by atoms with Crippen molar-refractivity contribution in [2.75, 3.05) is 12.3 Å². The molecule has 0 aliphatic heterocycles. The van der Waals surface area contributed by atoms with Gasteiger partial charge in [-0.15, -0.1) is 0 Å². The summed E-state index contributed by atoms with van der Waals surface area (Å²) in [7, 11) is 0. The second-order valence-corrected chi connectivity index (χ2v) is 6.24. The second-order valence-electron chi connectivity index (χ2n) is 6.24. The number of anilines is 1. The number of hydrogen-bond acceptors (Lipinski definition) is 5. The van der Waals surface area contributed by atoms with Crippen LogP contribution in [-0.2, 0) is 13.0 Å². The average Bonchev–Trinajstić information content (AvgIpc) is 2.88. The summed E-state index contributed by atoms with van der Waals surface area (Å²) in [5.41, 5.74) is 11.1. The summed E-state index contributed by atoms with van der Waals surface area (Å²) in [5.74, 6) is 0.485. The van der Waals surface area contributed by atoms with Gasteiger partial charge in [0, 0.05) is 23.0 Å². The largest absolute Gasteiger partial charge is 0.394 e. The second kappa shape index (κ2) is 7.45. The van der Waals surface area contributed by atoms with Gasteiger partial charge in [-0.2, -0.15) is 10.4 Å². The number of pyridine rings is 1. The zero-order valence-corrected chi connectivity index (χ0v) is 14.8. The van der Waals surface area contributed by atoms with Crippen molar-refractivity contribution in [3.8, 4) is 17.2 Å². The normalized spacial score (nSPS) is 11.0. The fraction of sp³-hybridized carbons (Fsp3) is 0.500. The third kappa shape index (κ3) is 3.26. The molecule has 6 nitrogen and oxygen atoms in total. The molecule has 0 aliphatic rings. The van der Waals surface area contributed by atoms with Crippen LogP contribution in [0.2, 0.25) is 0 Å². The maximum Gasteiger partial charge on any atom is 0.142 e. The first kappa shape index (κ1) is 18.0. The zero-order chi connectivity index (χ0) is 17.9. The number of nitrogen functional groups attached to an aromatic ring is 1. The van der Waals surface area contributed by atoms with Crippen LogP contribution in [0.1, 0.15) is 55.6 Å². The van der Waals surface area contributed by atoms with E-state index in [2.05, 4.69) is 36.9 Å². The Morgan fingerprint density at radius 1 is 1.42 bits per heavy atom. The van der Waals surface area contributed by atoms with E-state index in [9.17, 15) is 5.26 Å². The molecular formula is C18H25N5O. The highest BCUT2D eigenvalue weighted by atomic mass is 16.3. The molecule has 6 heteroatoms. The zero-order valence-electron chi connectivity index (χ0n) is 14.8.